The van der Waals surface area contributed by atoms with Crippen molar-refractivity contribution in [3.05, 3.63) is 0 Å². The van der Waals surface area contributed by atoms with Gasteiger partial charge >= 0.3 is 0 Å². The van der Waals surface area contributed by atoms with Crippen molar-refractivity contribution < 1.29 is 0 Å². The third-order valence-corrected chi connectivity index (χ3v) is 6.64. The van der Waals surface area contributed by atoms with Crippen LogP contribution >= 0.6 is 11.8 Å². The Morgan fingerprint density at radius 1 is 0.950 bits per heavy atom. The minimum atomic E-state index is 0.788. The van der Waals surface area contributed by atoms with Gasteiger partial charge in [0.05, 0.1) is 0 Å². The minimum absolute atomic E-state index is 0.788. The van der Waals surface area contributed by atoms with Crippen LogP contribution in [0.3, 0.4) is 0 Å². The van der Waals surface area contributed by atoms with Crippen LogP contribution in [0.2, 0.25) is 0 Å². The first-order valence-corrected chi connectivity index (χ1v) is 10.1. The Labute approximate surface area is 129 Å². The lowest BCUT2D eigenvalue weighted by molar-refractivity contribution is 0.182. The SMILES string of the molecule is C1CCC(C2CN(CC3CCSCC3)CCCN2)CC1. The summed E-state index contributed by atoms with van der Waals surface area (Å²) in [5.74, 6) is 4.76. The molecule has 0 amide bonds. The van der Waals surface area contributed by atoms with E-state index in [1.165, 1.54) is 89.1 Å². The van der Waals surface area contributed by atoms with Gasteiger partial charge in [0.25, 0.3) is 0 Å². The monoisotopic (exact) mass is 296 g/mol. The summed E-state index contributed by atoms with van der Waals surface area (Å²) in [5, 5.41) is 3.87. The molecular weight excluding hydrogens is 264 g/mol. The van der Waals surface area contributed by atoms with Crippen LogP contribution in [0.15, 0.2) is 0 Å². The third-order valence-electron chi connectivity index (χ3n) is 5.59. The van der Waals surface area contributed by atoms with E-state index in [1.807, 2.05) is 0 Å². The second-order valence-corrected chi connectivity index (χ2v) is 8.35. The fraction of sp³-hybridized carbons (Fsp3) is 1.00. The van der Waals surface area contributed by atoms with Crippen molar-refractivity contribution in [2.24, 2.45) is 11.8 Å². The lowest BCUT2D eigenvalue weighted by atomic mass is 9.83. The highest BCUT2D eigenvalue weighted by Gasteiger charge is 2.28. The molecule has 3 rings (SSSR count). The van der Waals surface area contributed by atoms with E-state index in [4.69, 9.17) is 0 Å². The lowest BCUT2D eigenvalue weighted by Crippen LogP contribution is -2.45. The van der Waals surface area contributed by atoms with Gasteiger partial charge in [0, 0.05) is 19.1 Å². The molecule has 0 aromatic heterocycles. The molecular formula is C17H32N2S. The summed E-state index contributed by atoms with van der Waals surface area (Å²) in [6.45, 7) is 5.29. The van der Waals surface area contributed by atoms with Crippen LogP contribution in [0, 0.1) is 11.8 Å². The molecule has 0 aromatic rings. The van der Waals surface area contributed by atoms with Gasteiger partial charge in [-0.1, -0.05) is 19.3 Å². The van der Waals surface area contributed by atoms with Crippen LogP contribution in [0.1, 0.15) is 51.4 Å². The molecule has 0 aromatic carbocycles. The summed E-state index contributed by atoms with van der Waals surface area (Å²) < 4.78 is 0. The fourth-order valence-electron chi connectivity index (χ4n) is 4.34. The molecule has 1 aliphatic carbocycles. The number of nitrogens with one attached hydrogen (secondary N) is 1. The van der Waals surface area contributed by atoms with E-state index in [-0.39, 0.29) is 0 Å². The van der Waals surface area contributed by atoms with E-state index in [0.717, 1.165) is 17.9 Å². The van der Waals surface area contributed by atoms with E-state index in [0.29, 0.717) is 0 Å². The summed E-state index contributed by atoms with van der Waals surface area (Å²) in [5.41, 5.74) is 0. The predicted octanol–water partition coefficient (Wildman–Crippen LogP) is 3.37. The first-order valence-electron chi connectivity index (χ1n) is 8.95. The van der Waals surface area contributed by atoms with Gasteiger partial charge < -0.3 is 10.2 Å². The smallest absolute Gasteiger partial charge is 0.0223 e. The number of nitrogens with zero attached hydrogens (tertiary/aromatic N) is 1. The Bertz CT molecular complexity index is 272. The van der Waals surface area contributed by atoms with Gasteiger partial charge in [-0.25, -0.2) is 0 Å². The summed E-state index contributed by atoms with van der Waals surface area (Å²) in [4.78, 5) is 2.81. The topological polar surface area (TPSA) is 15.3 Å². The van der Waals surface area contributed by atoms with Gasteiger partial charge in [-0.15, -0.1) is 0 Å². The zero-order valence-corrected chi connectivity index (χ0v) is 13.8. The number of thioether (sulfide) groups is 1. The molecule has 0 spiro atoms. The van der Waals surface area contributed by atoms with Crippen molar-refractivity contribution in [1.82, 2.24) is 10.2 Å². The molecule has 3 heteroatoms. The second-order valence-electron chi connectivity index (χ2n) is 7.13. The van der Waals surface area contributed by atoms with Crippen LogP contribution in [0.25, 0.3) is 0 Å². The van der Waals surface area contributed by atoms with Crippen molar-refractivity contribution in [3.63, 3.8) is 0 Å². The highest BCUT2D eigenvalue weighted by molar-refractivity contribution is 7.99. The van der Waals surface area contributed by atoms with Crippen LogP contribution in [-0.4, -0.2) is 48.6 Å². The highest BCUT2D eigenvalue weighted by atomic mass is 32.2. The molecule has 3 aliphatic rings. The average Bonchev–Trinajstić information content (AvgIpc) is 2.75. The van der Waals surface area contributed by atoms with E-state index in [2.05, 4.69) is 22.0 Å². The normalized spacial score (nSPS) is 32.1. The van der Waals surface area contributed by atoms with Crippen molar-refractivity contribution in [2.75, 3.05) is 37.7 Å². The maximum atomic E-state index is 3.87. The van der Waals surface area contributed by atoms with Gasteiger partial charge in [-0.05, 0) is 68.5 Å². The van der Waals surface area contributed by atoms with E-state index >= 15 is 0 Å². The van der Waals surface area contributed by atoms with Gasteiger partial charge in [0.1, 0.15) is 0 Å². The molecule has 2 saturated heterocycles. The van der Waals surface area contributed by atoms with Crippen molar-refractivity contribution >= 4 is 11.8 Å². The van der Waals surface area contributed by atoms with E-state index in [9.17, 15) is 0 Å². The first-order chi connectivity index (χ1) is 9.92. The van der Waals surface area contributed by atoms with Crippen LogP contribution in [0.4, 0.5) is 0 Å². The molecule has 1 saturated carbocycles. The third kappa shape index (κ3) is 4.38. The van der Waals surface area contributed by atoms with Crippen LogP contribution < -0.4 is 5.32 Å². The van der Waals surface area contributed by atoms with Crippen LogP contribution in [0.5, 0.6) is 0 Å². The maximum absolute atomic E-state index is 3.87. The quantitative estimate of drug-likeness (QED) is 0.859. The van der Waals surface area contributed by atoms with Crippen molar-refractivity contribution in [2.45, 2.75) is 57.4 Å². The zero-order chi connectivity index (χ0) is 13.6. The minimum Gasteiger partial charge on any atom is -0.312 e. The Kier molecular flexibility index (Phi) is 6.11. The number of hydrogen-bond donors (Lipinski definition) is 1. The van der Waals surface area contributed by atoms with Crippen LogP contribution in [-0.2, 0) is 0 Å². The van der Waals surface area contributed by atoms with E-state index < -0.39 is 0 Å². The highest BCUT2D eigenvalue weighted by Crippen LogP contribution is 2.28. The summed E-state index contributed by atoms with van der Waals surface area (Å²) in [6, 6.07) is 0.788. The van der Waals surface area contributed by atoms with Crippen molar-refractivity contribution in [1.29, 1.82) is 0 Å². The van der Waals surface area contributed by atoms with Crippen molar-refractivity contribution in [3.8, 4) is 0 Å². The summed E-state index contributed by atoms with van der Waals surface area (Å²) >= 11 is 2.16. The Balaban J connectivity index is 1.51. The first kappa shape index (κ1) is 15.2. The molecule has 1 unspecified atom stereocenters. The standard InChI is InChI=1S/C17H32N2S/c1-2-5-16(6-3-1)17-14-19(10-4-9-18-17)13-15-7-11-20-12-8-15/h15-18H,1-14H2. The molecule has 2 aliphatic heterocycles. The molecule has 1 atom stereocenters. The molecule has 2 heterocycles. The van der Waals surface area contributed by atoms with Gasteiger partial charge in [0.15, 0.2) is 0 Å². The molecule has 0 radical (unpaired) electrons. The largest absolute Gasteiger partial charge is 0.312 e. The molecule has 2 nitrogen and oxygen atoms in total. The predicted molar refractivity (Wildman–Crippen MR) is 89.5 cm³/mol. The molecule has 0 bridgehead atoms. The van der Waals surface area contributed by atoms with Gasteiger partial charge in [-0.2, -0.15) is 11.8 Å². The second kappa shape index (κ2) is 8.05. The van der Waals surface area contributed by atoms with Gasteiger partial charge in [-0.3, -0.25) is 0 Å². The molecule has 3 fully saturated rings. The molecule has 1 N–H and O–H groups in total. The Morgan fingerprint density at radius 3 is 2.55 bits per heavy atom. The number of rotatable bonds is 3. The Morgan fingerprint density at radius 2 is 1.75 bits per heavy atom. The van der Waals surface area contributed by atoms with Gasteiger partial charge in [0.2, 0.25) is 0 Å². The summed E-state index contributed by atoms with van der Waals surface area (Å²) in [7, 11) is 0. The molecule has 20 heavy (non-hydrogen) atoms. The molecule has 116 valence electrons. The van der Waals surface area contributed by atoms with E-state index in [1.54, 1.807) is 0 Å². The zero-order valence-electron chi connectivity index (χ0n) is 13.0. The summed E-state index contributed by atoms with van der Waals surface area (Å²) in [6.07, 6.45) is 11.7. The maximum Gasteiger partial charge on any atom is 0.0223 e. The lowest BCUT2D eigenvalue weighted by Gasteiger charge is -2.34. The number of hydrogen-bond acceptors (Lipinski definition) is 3. The fourth-order valence-corrected chi connectivity index (χ4v) is 5.54. The Hall–Kier alpha value is 0.270. The average molecular weight is 297 g/mol.